The van der Waals surface area contributed by atoms with E-state index < -0.39 is 0 Å². The Morgan fingerprint density at radius 2 is 1.86 bits per heavy atom. The Hall–Kier alpha value is -3.28. The molecule has 1 amide bonds. The summed E-state index contributed by atoms with van der Waals surface area (Å²) in [5.74, 6) is 0.403. The van der Waals surface area contributed by atoms with Gasteiger partial charge < -0.3 is 10.1 Å². The third-order valence-electron chi connectivity index (χ3n) is 4.87. The second-order valence-electron chi connectivity index (χ2n) is 6.84. The molecule has 1 saturated carbocycles. The minimum absolute atomic E-state index is 0.176. The Kier molecular flexibility index (Phi) is 5.56. The first-order chi connectivity index (χ1) is 13.8. The maximum absolute atomic E-state index is 12.5. The highest BCUT2D eigenvalue weighted by molar-refractivity contribution is 5.93. The molecular formula is C22H22N4O2. The molecule has 1 fully saturated rings. The van der Waals surface area contributed by atoms with Crippen molar-refractivity contribution in [3.8, 4) is 17.1 Å². The number of carbonyl (C=O) groups excluding carboxylic acids is 1. The quantitative estimate of drug-likeness (QED) is 0.710. The molecule has 0 atom stereocenters. The van der Waals surface area contributed by atoms with E-state index in [-0.39, 0.29) is 12.0 Å². The molecule has 0 saturated heterocycles. The number of hydrogen-bond donors (Lipinski definition) is 1. The highest BCUT2D eigenvalue weighted by atomic mass is 16.5. The van der Waals surface area contributed by atoms with Crippen LogP contribution < -0.4 is 10.1 Å². The first-order valence-corrected chi connectivity index (χ1v) is 9.55. The summed E-state index contributed by atoms with van der Waals surface area (Å²) in [7, 11) is 0. The van der Waals surface area contributed by atoms with Crippen molar-refractivity contribution in [3.63, 3.8) is 0 Å². The number of aromatic nitrogens is 3. The van der Waals surface area contributed by atoms with Crippen molar-refractivity contribution in [2.24, 2.45) is 0 Å². The molecular weight excluding hydrogens is 352 g/mol. The van der Waals surface area contributed by atoms with Crippen LogP contribution in [0, 0.1) is 0 Å². The Morgan fingerprint density at radius 1 is 1.04 bits per heavy atom. The lowest BCUT2D eigenvalue weighted by Crippen LogP contribution is -2.23. The van der Waals surface area contributed by atoms with Crippen LogP contribution in [0.25, 0.3) is 11.3 Å². The lowest BCUT2D eigenvalue weighted by Gasteiger charge is -2.12. The number of amides is 1. The molecule has 0 spiro atoms. The zero-order valence-corrected chi connectivity index (χ0v) is 15.5. The van der Waals surface area contributed by atoms with Crippen LogP contribution in [0.3, 0.4) is 0 Å². The summed E-state index contributed by atoms with van der Waals surface area (Å²) < 4.78 is 5.85. The summed E-state index contributed by atoms with van der Waals surface area (Å²) in [5.41, 5.74) is 3.25. The van der Waals surface area contributed by atoms with Crippen LogP contribution in [0.2, 0.25) is 0 Å². The van der Waals surface area contributed by atoms with E-state index in [1.807, 2.05) is 24.3 Å². The lowest BCUT2D eigenvalue weighted by molar-refractivity contribution is 0.0950. The molecule has 1 aliphatic carbocycles. The van der Waals surface area contributed by atoms with Crippen molar-refractivity contribution in [2.45, 2.75) is 38.3 Å². The fourth-order valence-electron chi connectivity index (χ4n) is 3.39. The van der Waals surface area contributed by atoms with E-state index in [1.54, 1.807) is 36.9 Å². The first kappa shape index (κ1) is 18.1. The van der Waals surface area contributed by atoms with Crippen molar-refractivity contribution >= 4 is 5.91 Å². The van der Waals surface area contributed by atoms with Gasteiger partial charge in [-0.05, 0) is 55.5 Å². The molecule has 142 valence electrons. The number of rotatable bonds is 6. The fraction of sp³-hybridized carbons (Fsp3) is 0.273. The molecule has 6 nitrogen and oxygen atoms in total. The average Bonchev–Trinajstić information content (AvgIpc) is 3.26. The molecule has 0 radical (unpaired) electrons. The van der Waals surface area contributed by atoms with E-state index >= 15 is 0 Å². The molecule has 3 aromatic rings. The monoisotopic (exact) mass is 374 g/mol. The van der Waals surface area contributed by atoms with Gasteiger partial charge in [0.15, 0.2) is 0 Å². The SMILES string of the molecule is O=C(NCc1cccnc1-c1ccncc1)c1ccc(OC2CCCC2)nc1. The van der Waals surface area contributed by atoms with Gasteiger partial charge in [-0.1, -0.05) is 6.07 Å². The van der Waals surface area contributed by atoms with Gasteiger partial charge in [0.1, 0.15) is 6.10 Å². The van der Waals surface area contributed by atoms with E-state index in [0.29, 0.717) is 18.0 Å². The number of pyridine rings is 3. The highest BCUT2D eigenvalue weighted by Gasteiger charge is 2.17. The van der Waals surface area contributed by atoms with Gasteiger partial charge in [-0.15, -0.1) is 0 Å². The van der Waals surface area contributed by atoms with Crippen LogP contribution in [0.4, 0.5) is 0 Å². The van der Waals surface area contributed by atoms with Gasteiger partial charge in [-0.3, -0.25) is 14.8 Å². The second-order valence-corrected chi connectivity index (χ2v) is 6.84. The molecule has 0 aliphatic heterocycles. The van der Waals surface area contributed by atoms with Gasteiger partial charge >= 0.3 is 0 Å². The summed E-state index contributed by atoms with van der Waals surface area (Å²) in [6.45, 7) is 0.380. The predicted molar refractivity (Wildman–Crippen MR) is 106 cm³/mol. The Labute approximate surface area is 164 Å². The molecule has 3 heterocycles. The number of nitrogens with one attached hydrogen (secondary N) is 1. The third kappa shape index (κ3) is 4.34. The van der Waals surface area contributed by atoms with E-state index in [0.717, 1.165) is 29.7 Å². The molecule has 3 aromatic heterocycles. The summed E-state index contributed by atoms with van der Waals surface area (Å²) in [5, 5.41) is 2.94. The molecule has 0 aromatic carbocycles. The Morgan fingerprint density at radius 3 is 2.61 bits per heavy atom. The molecule has 6 heteroatoms. The van der Waals surface area contributed by atoms with E-state index in [9.17, 15) is 4.79 Å². The zero-order chi connectivity index (χ0) is 19.2. The summed E-state index contributed by atoms with van der Waals surface area (Å²) >= 11 is 0. The van der Waals surface area contributed by atoms with Gasteiger partial charge in [0, 0.05) is 43.0 Å². The number of carbonyl (C=O) groups is 1. The van der Waals surface area contributed by atoms with Crippen LogP contribution in [-0.2, 0) is 6.54 Å². The van der Waals surface area contributed by atoms with Gasteiger partial charge in [-0.25, -0.2) is 4.98 Å². The molecule has 1 aliphatic rings. The van der Waals surface area contributed by atoms with Crippen molar-refractivity contribution in [1.82, 2.24) is 20.3 Å². The topological polar surface area (TPSA) is 77.0 Å². The second kappa shape index (κ2) is 8.61. The van der Waals surface area contributed by atoms with Crippen LogP contribution in [-0.4, -0.2) is 27.0 Å². The normalized spacial score (nSPS) is 14.0. The molecule has 4 rings (SSSR count). The van der Waals surface area contributed by atoms with Crippen LogP contribution in [0.5, 0.6) is 5.88 Å². The van der Waals surface area contributed by atoms with Crippen molar-refractivity contribution in [1.29, 1.82) is 0 Å². The van der Waals surface area contributed by atoms with E-state index in [1.165, 1.54) is 12.8 Å². The summed E-state index contributed by atoms with van der Waals surface area (Å²) in [6, 6.07) is 11.1. The van der Waals surface area contributed by atoms with Crippen LogP contribution in [0.1, 0.15) is 41.6 Å². The minimum Gasteiger partial charge on any atom is -0.474 e. The largest absolute Gasteiger partial charge is 0.474 e. The third-order valence-corrected chi connectivity index (χ3v) is 4.87. The molecule has 0 unspecified atom stereocenters. The highest BCUT2D eigenvalue weighted by Crippen LogP contribution is 2.23. The summed E-state index contributed by atoms with van der Waals surface area (Å²) in [6.07, 6.45) is 11.6. The first-order valence-electron chi connectivity index (χ1n) is 9.55. The van der Waals surface area contributed by atoms with Gasteiger partial charge in [0.05, 0.1) is 11.3 Å². The Balaban J connectivity index is 1.39. The summed E-state index contributed by atoms with van der Waals surface area (Å²) in [4.78, 5) is 25.3. The van der Waals surface area contributed by atoms with Crippen molar-refractivity contribution < 1.29 is 9.53 Å². The van der Waals surface area contributed by atoms with E-state index in [2.05, 4.69) is 20.3 Å². The van der Waals surface area contributed by atoms with Crippen LogP contribution >= 0.6 is 0 Å². The van der Waals surface area contributed by atoms with Gasteiger partial charge in [0.2, 0.25) is 5.88 Å². The zero-order valence-electron chi connectivity index (χ0n) is 15.5. The number of nitrogens with zero attached hydrogens (tertiary/aromatic N) is 3. The standard InChI is InChI=1S/C22H22N4O2/c27-22(18-7-8-20(25-15-18)28-19-5-1-2-6-19)26-14-17-4-3-11-24-21(17)16-9-12-23-13-10-16/h3-4,7-13,15,19H,1-2,5-6,14H2,(H,26,27). The smallest absolute Gasteiger partial charge is 0.253 e. The predicted octanol–water partition coefficient (Wildman–Crippen LogP) is 3.79. The maximum Gasteiger partial charge on any atom is 0.253 e. The van der Waals surface area contributed by atoms with Crippen molar-refractivity contribution in [3.05, 3.63) is 72.3 Å². The number of hydrogen-bond acceptors (Lipinski definition) is 5. The van der Waals surface area contributed by atoms with Crippen LogP contribution in [0.15, 0.2) is 61.2 Å². The molecule has 28 heavy (non-hydrogen) atoms. The number of ether oxygens (including phenoxy) is 1. The van der Waals surface area contributed by atoms with Crippen molar-refractivity contribution in [2.75, 3.05) is 0 Å². The molecule has 0 bridgehead atoms. The van der Waals surface area contributed by atoms with E-state index in [4.69, 9.17) is 4.74 Å². The minimum atomic E-state index is -0.176. The molecule has 1 N–H and O–H groups in total. The Bertz CT molecular complexity index is 923. The maximum atomic E-state index is 12.5. The fourth-order valence-corrected chi connectivity index (χ4v) is 3.39. The van der Waals surface area contributed by atoms with Gasteiger partial charge in [0.25, 0.3) is 5.91 Å². The average molecular weight is 374 g/mol. The lowest BCUT2D eigenvalue weighted by atomic mass is 10.1. The van der Waals surface area contributed by atoms with Gasteiger partial charge in [-0.2, -0.15) is 0 Å².